The molecule has 2 aromatic carbocycles. The monoisotopic (exact) mass is 590 g/mol. The molecule has 0 spiro atoms. The van der Waals surface area contributed by atoms with E-state index in [9.17, 15) is 43.2 Å². The molecule has 2 aromatic rings. The third-order valence-electron chi connectivity index (χ3n) is 7.00. The van der Waals surface area contributed by atoms with E-state index in [1.54, 1.807) is 0 Å². The van der Waals surface area contributed by atoms with Crippen LogP contribution < -0.4 is 0 Å². The van der Waals surface area contributed by atoms with E-state index in [-0.39, 0.29) is 28.9 Å². The molecule has 0 bridgehead atoms. The van der Waals surface area contributed by atoms with Gasteiger partial charge in [0.15, 0.2) is 19.7 Å². The van der Waals surface area contributed by atoms with Crippen LogP contribution in [-0.2, 0) is 32.0 Å². The molecule has 1 aliphatic carbocycles. The van der Waals surface area contributed by atoms with Crippen molar-refractivity contribution in [3.05, 3.63) is 58.6 Å². The summed E-state index contributed by atoms with van der Waals surface area (Å²) in [6.45, 7) is 2.95. The van der Waals surface area contributed by atoms with Crippen LogP contribution in [0, 0.1) is 11.8 Å². The summed E-state index contributed by atoms with van der Waals surface area (Å²) >= 11 is 5.80. The van der Waals surface area contributed by atoms with Gasteiger partial charge in [-0.15, -0.1) is 0 Å². The smallest absolute Gasteiger partial charge is 0.224 e. The lowest BCUT2D eigenvalue weighted by molar-refractivity contribution is -0.138. The highest BCUT2D eigenvalue weighted by Crippen LogP contribution is 2.48. The Morgan fingerprint density at radius 1 is 0.865 bits per heavy atom. The summed E-state index contributed by atoms with van der Waals surface area (Å²) in [5.41, 5.74) is -2.11. The van der Waals surface area contributed by atoms with Crippen LogP contribution in [0.3, 0.4) is 0 Å². The molecule has 0 heterocycles. The molecule has 1 aliphatic rings. The van der Waals surface area contributed by atoms with Crippen LogP contribution in [0.2, 0.25) is 5.02 Å². The van der Waals surface area contributed by atoms with Gasteiger partial charge in [-0.1, -0.05) is 17.7 Å². The fourth-order valence-electron chi connectivity index (χ4n) is 4.50. The van der Waals surface area contributed by atoms with Crippen molar-refractivity contribution in [2.45, 2.75) is 66.4 Å². The third kappa shape index (κ3) is 6.27. The molecule has 37 heavy (non-hydrogen) atoms. The Hall–Kier alpha value is -1.79. The summed E-state index contributed by atoms with van der Waals surface area (Å²) in [7, 11) is -8.03. The molecule has 0 amide bonds. The van der Waals surface area contributed by atoms with Gasteiger partial charge in [0.1, 0.15) is 0 Å². The van der Waals surface area contributed by atoms with Crippen molar-refractivity contribution < 1.29 is 43.2 Å². The van der Waals surface area contributed by atoms with E-state index in [4.69, 9.17) is 11.6 Å². The predicted molar refractivity (Wildman–Crippen MR) is 127 cm³/mol. The molecule has 0 saturated heterocycles. The van der Waals surface area contributed by atoms with E-state index in [2.05, 4.69) is 0 Å². The zero-order chi connectivity index (χ0) is 28.0. The number of alkyl halides is 6. The van der Waals surface area contributed by atoms with Gasteiger partial charge < -0.3 is 0 Å². The lowest BCUT2D eigenvalue weighted by Crippen LogP contribution is -2.46. The highest BCUT2D eigenvalue weighted by Gasteiger charge is 2.48. The van der Waals surface area contributed by atoms with E-state index in [1.807, 2.05) is 0 Å². The summed E-state index contributed by atoms with van der Waals surface area (Å²) in [5, 5.41) is -0.514. The van der Waals surface area contributed by atoms with Crippen LogP contribution in [0.15, 0.2) is 52.3 Å². The highest BCUT2D eigenvalue weighted by molar-refractivity contribution is 7.92. The summed E-state index contributed by atoms with van der Waals surface area (Å²) in [6.07, 6.45) is -7.80. The van der Waals surface area contributed by atoms with Gasteiger partial charge in [0.25, 0.3) is 0 Å². The van der Waals surface area contributed by atoms with Crippen molar-refractivity contribution >= 4 is 31.3 Å². The van der Waals surface area contributed by atoms with Gasteiger partial charge >= 0.3 is 12.4 Å². The van der Waals surface area contributed by atoms with E-state index in [1.165, 1.54) is 13.8 Å². The predicted octanol–water partition coefficient (Wildman–Crippen LogP) is 7.21. The standard InChI is InChI=1S/C24H25ClF6O4S2/c1-22(2,37(34,35)19-7-3-6-16(13-19)23(26,27)28)18-11-15(12-18)5-4-10-36(32,33)21-9-8-17(14-20(21)25)24(29,30)31/h3,6-9,13-15,18H,4-5,10-12H2,1-2H3. The van der Waals surface area contributed by atoms with Crippen molar-refractivity contribution in [2.75, 3.05) is 5.75 Å². The van der Waals surface area contributed by atoms with Crippen LogP contribution in [0.1, 0.15) is 50.7 Å². The van der Waals surface area contributed by atoms with E-state index < -0.39 is 57.8 Å². The van der Waals surface area contributed by atoms with Gasteiger partial charge in [0.05, 0.1) is 36.4 Å². The first kappa shape index (κ1) is 29.8. The van der Waals surface area contributed by atoms with Crippen LogP contribution in [-0.4, -0.2) is 27.3 Å². The van der Waals surface area contributed by atoms with Gasteiger partial charge in [0, 0.05) is 0 Å². The number of halogens is 7. The second kappa shape index (κ2) is 10.1. The van der Waals surface area contributed by atoms with Gasteiger partial charge in [-0.25, -0.2) is 16.8 Å². The maximum absolute atomic E-state index is 13.2. The molecule has 13 heteroatoms. The molecule has 4 nitrogen and oxygen atoms in total. The van der Waals surface area contributed by atoms with Crippen molar-refractivity contribution in [2.24, 2.45) is 11.8 Å². The Morgan fingerprint density at radius 3 is 1.97 bits per heavy atom. The minimum absolute atomic E-state index is 0.0132. The zero-order valence-electron chi connectivity index (χ0n) is 19.8. The molecule has 0 aromatic heterocycles. The molecule has 206 valence electrons. The minimum Gasteiger partial charge on any atom is -0.224 e. The number of hydrogen-bond donors (Lipinski definition) is 0. The van der Waals surface area contributed by atoms with Crippen molar-refractivity contribution in [1.29, 1.82) is 0 Å². The Bertz CT molecular complexity index is 1360. The van der Waals surface area contributed by atoms with Crippen molar-refractivity contribution in [3.8, 4) is 0 Å². The lowest BCUT2D eigenvalue weighted by atomic mass is 9.67. The van der Waals surface area contributed by atoms with E-state index in [0.717, 1.165) is 24.3 Å². The molecular weight excluding hydrogens is 566 g/mol. The summed E-state index contributed by atoms with van der Waals surface area (Å²) in [6, 6.07) is 5.68. The first-order valence-corrected chi connectivity index (χ1v) is 14.8. The quantitative estimate of drug-likeness (QED) is 0.305. The number of benzene rings is 2. The molecule has 0 unspecified atom stereocenters. The van der Waals surface area contributed by atoms with Gasteiger partial charge in [-0.2, -0.15) is 26.3 Å². The normalized spacial score (nSPS) is 19.5. The van der Waals surface area contributed by atoms with Gasteiger partial charge in [0.2, 0.25) is 0 Å². The molecule has 0 atom stereocenters. The van der Waals surface area contributed by atoms with Gasteiger partial charge in [-0.3, -0.25) is 0 Å². The van der Waals surface area contributed by atoms with E-state index in [0.29, 0.717) is 37.5 Å². The van der Waals surface area contributed by atoms with Crippen molar-refractivity contribution in [1.82, 2.24) is 0 Å². The molecule has 0 radical (unpaired) electrons. The summed E-state index contributed by atoms with van der Waals surface area (Å²) in [5.74, 6) is -0.664. The molecule has 0 aliphatic heterocycles. The third-order valence-corrected chi connectivity index (χ3v) is 11.9. The zero-order valence-corrected chi connectivity index (χ0v) is 22.2. The Kier molecular flexibility index (Phi) is 8.10. The molecule has 1 fully saturated rings. The number of hydrogen-bond acceptors (Lipinski definition) is 4. The Labute approximate surface area is 216 Å². The SMILES string of the molecule is CC(C)(C1CC(CCCS(=O)(=O)c2ccc(C(F)(F)F)cc2Cl)C1)S(=O)(=O)c1cccc(C(F)(F)F)c1. The average molecular weight is 591 g/mol. The number of sulfone groups is 2. The topological polar surface area (TPSA) is 68.3 Å². The van der Waals surface area contributed by atoms with Crippen LogP contribution in [0.4, 0.5) is 26.3 Å². The average Bonchev–Trinajstić information content (AvgIpc) is 2.73. The fourth-order valence-corrected chi connectivity index (χ4v) is 8.21. The Balaban J connectivity index is 1.60. The molecule has 0 N–H and O–H groups in total. The Morgan fingerprint density at radius 2 is 1.43 bits per heavy atom. The van der Waals surface area contributed by atoms with Crippen molar-refractivity contribution in [3.63, 3.8) is 0 Å². The maximum atomic E-state index is 13.2. The van der Waals surface area contributed by atoms with Gasteiger partial charge in [-0.05, 0) is 87.8 Å². The first-order chi connectivity index (χ1) is 16.8. The highest BCUT2D eigenvalue weighted by atomic mass is 35.5. The maximum Gasteiger partial charge on any atom is 0.416 e. The molecule has 3 rings (SSSR count). The largest absolute Gasteiger partial charge is 0.416 e. The summed E-state index contributed by atoms with van der Waals surface area (Å²) in [4.78, 5) is -0.794. The molecular formula is C24H25ClF6O4S2. The first-order valence-electron chi connectivity index (χ1n) is 11.3. The fraction of sp³-hybridized carbons (Fsp3) is 0.500. The minimum atomic E-state index is -4.68. The second-order valence-corrected chi connectivity index (χ2v) is 14.8. The van der Waals surface area contributed by atoms with Crippen LogP contribution in [0.5, 0.6) is 0 Å². The van der Waals surface area contributed by atoms with Crippen LogP contribution >= 0.6 is 11.6 Å². The van der Waals surface area contributed by atoms with E-state index >= 15 is 0 Å². The number of rotatable bonds is 8. The summed E-state index contributed by atoms with van der Waals surface area (Å²) < 4.78 is 128. The molecule has 1 saturated carbocycles. The van der Waals surface area contributed by atoms with Crippen LogP contribution in [0.25, 0.3) is 0 Å². The second-order valence-electron chi connectivity index (χ2n) is 9.77. The lowest BCUT2D eigenvalue weighted by Gasteiger charge is -2.45.